The number of nitrogens with two attached hydrogens (primary N) is 1. The standard InChI is InChI=1S/C18H16BrN5O2S/c19-12-5-6-14(22-9-12)24-18(26)15-13(7-8-27-15)23-17(25)11-3-1-10(2-4-11)16(20)21/h1-6,9H,7-8H2,(H3,20,21)(H,23,25)(H,22,24,26). The molecule has 0 radical (unpaired) electrons. The number of carbonyl (C=O) groups is 2. The molecule has 0 saturated carbocycles. The number of hydrogen-bond donors (Lipinski definition) is 4. The fraction of sp³-hybridized carbons (Fsp3) is 0.111. The number of amides is 2. The highest BCUT2D eigenvalue weighted by Gasteiger charge is 2.24. The zero-order valence-electron chi connectivity index (χ0n) is 14.1. The van der Waals surface area contributed by atoms with Crippen LogP contribution in [0.1, 0.15) is 22.3 Å². The molecule has 1 aromatic carbocycles. The van der Waals surface area contributed by atoms with Crippen molar-refractivity contribution in [3.8, 4) is 0 Å². The van der Waals surface area contributed by atoms with E-state index in [1.807, 2.05) is 0 Å². The molecule has 2 aromatic rings. The Morgan fingerprint density at radius 1 is 1.07 bits per heavy atom. The van der Waals surface area contributed by atoms with Gasteiger partial charge in [0.1, 0.15) is 11.7 Å². The molecule has 1 aliphatic rings. The summed E-state index contributed by atoms with van der Waals surface area (Å²) in [5, 5.41) is 12.9. The molecule has 0 atom stereocenters. The molecular weight excluding hydrogens is 430 g/mol. The summed E-state index contributed by atoms with van der Waals surface area (Å²) in [4.78, 5) is 29.6. The summed E-state index contributed by atoms with van der Waals surface area (Å²) in [6.07, 6.45) is 2.19. The smallest absolute Gasteiger partial charge is 0.265 e. The van der Waals surface area contributed by atoms with Gasteiger partial charge in [0.2, 0.25) is 0 Å². The lowest BCUT2D eigenvalue weighted by Gasteiger charge is -2.10. The third-order valence-corrected chi connectivity index (χ3v) is 5.37. The van der Waals surface area contributed by atoms with Crippen LogP contribution in [0.15, 0.2) is 57.7 Å². The first-order chi connectivity index (χ1) is 12.9. The summed E-state index contributed by atoms with van der Waals surface area (Å²) in [6, 6.07) is 9.90. The SMILES string of the molecule is N=C(N)c1ccc(C(=O)NC2=C(C(=O)Nc3ccc(Br)cn3)SCC2)cc1. The second-order valence-electron chi connectivity index (χ2n) is 5.67. The van der Waals surface area contributed by atoms with E-state index in [1.54, 1.807) is 42.6 Å². The normalized spacial score (nSPS) is 13.4. The Balaban J connectivity index is 1.71. The number of nitrogen functional groups attached to an aromatic ring is 1. The van der Waals surface area contributed by atoms with Crippen LogP contribution in [-0.2, 0) is 4.79 Å². The van der Waals surface area contributed by atoms with E-state index in [9.17, 15) is 9.59 Å². The van der Waals surface area contributed by atoms with E-state index in [1.165, 1.54) is 11.8 Å². The third-order valence-electron chi connectivity index (χ3n) is 3.77. The highest BCUT2D eigenvalue weighted by Crippen LogP contribution is 2.31. The van der Waals surface area contributed by atoms with Crippen molar-refractivity contribution >= 4 is 51.2 Å². The summed E-state index contributed by atoms with van der Waals surface area (Å²) >= 11 is 4.69. The average Bonchev–Trinajstić information content (AvgIpc) is 3.12. The summed E-state index contributed by atoms with van der Waals surface area (Å²) in [6.45, 7) is 0. The third kappa shape index (κ3) is 4.75. The minimum Gasteiger partial charge on any atom is -0.384 e. The topological polar surface area (TPSA) is 121 Å². The molecule has 0 fully saturated rings. The molecule has 138 valence electrons. The van der Waals surface area contributed by atoms with Crippen molar-refractivity contribution in [2.24, 2.45) is 5.73 Å². The number of amidine groups is 1. The number of aromatic nitrogens is 1. The number of halogens is 1. The van der Waals surface area contributed by atoms with E-state index in [4.69, 9.17) is 11.1 Å². The first kappa shape index (κ1) is 19.1. The molecular formula is C18H16BrN5O2S. The van der Waals surface area contributed by atoms with Gasteiger partial charge in [-0.1, -0.05) is 12.1 Å². The summed E-state index contributed by atoms with van der Waals surface area (Å²) < 4.78 is 0.818. The minimum absolute atomic E-state index is 0.0580. The van der Waals surface area contributed by atoms with E-state index >= 15 is 0 Å². The van der Waals surface area contributed by atoms with Crippen LogP contribution in [0, 0.1) is 5.41 Å². The molecule has 1 aromatic heterocycles. The number of nitrogens with one attached hydrogen (secondary N) is 3. The van der Waals surface area contributed by atoms with Crippen molar-refractivity contribution in [1.82, 2.24) is 10.3 Å². The first-order valence-corrected chi connectivity index (χ1v) is 9.76. The molecule has 9 heteroatoms. The van der Waals surface area contributed by atoms with Gasteiger partial charge >= 0.3 is 0 Å². The molecule has 0 unspecified atom stereocenters. The van der Waals surface area contributed by atoms with Crippen LogP contribution in [0.25, 0.3) is 0 Å². The molecule has 0 saturated heterocycles. The van der Waals surface area contributed by atoms with Gasteiger partial charge in [0.15, 0.2) is 0 Å². The Morgan fingerprint density at radius 3 is 2.41 bits per heavy atom. The molecule has 5 N–H and O–H groups in total. The zero-order valence-corrected chi connectivity index (χ0v) is 16.5. The van der Waals surface area contributed by atoms with Gasteiger partial charge in [0.05, 0.1) is 4.91 Å². The molecule has 2 amide bonds. The van der Waals surface area contributed by atoms with Gasteiger partial charge in [0.25, 0.3) is 11.8 Å². The number of anilines is 1. The summed E-state index contributed by atoms with van der Waals surface area (Å²) in [5.74, 6) is 0.491. The van der Waals surface area contributed by atoms with E-state index in [0.29, 0.717) is 34.0 Å². The molecule has 1 aliphatic heterocycles. The lowest BCUT2D eigenvalue weighted by molar-refractivity contribution is -0.112. The molecule has 0 aliphatic carbocycles. The molecule has 27 heavy (non-hydrogen) atoms. The highest BCUT2D eigenvalue weighted by molar-refractivity contribution is 9.10. The van der Waals surface area contributed by atoms with Gasteiger partial charge in [-0.2, -0.15) is 0 Å². The van der Waals surface area contributed by atoms with Crippen molar-refractivity contribution in [3.63, 3.8) is 0 Å². The zero-order chi connectivity index (χ0) is 19.4. The monoisotopic (exact) mass is 445 g/mol. The summed E-state index contributed by atoms with van der Waals surface area (Å²) in [5.41, 5.74) is 6.98. The van der Waals surface area contributed by atoms with Crippen LogP contribution in [0.4, 0.5) is 5.82 Å². The van der Waals surface area contributed by atoms with E-state index < -0.39 is 0 Å². The maximum atomic E-state index is 12.5. The van der Waals surface area contributed by atoms with Gasteiger partial charge in [-0.05, 0) is 46.6 Å². The molecule has 0 spiro atoms. The molecule has 2 heterocycles. The van der Waals surface area contributed by atoms with Crippen molar-refractivity contribution in [2.45, 2.75) is 6.42 Å². The number of nitrogens with zero attached hydrogens (tertiary/aromatic N) is 1. The number of hydrogen-bond acceptors (Lipinski definition) is 5. The van der Waals surface area contributed by atoms with E-state index in [-0.39, 0.29) is 17.6 Å². The van der Waals surface area contributed by atoms with Gasteiger partial charge in [0, 0.05) is 33.2 Å². The predicted molar refractivity (Wildman–Crippen MR) is 110 cm³/mol. The van der Waals surface area contributed by atoms with Crippen molar-refractivity contribution < 1.29 is 9.59 Å². The predicted octanol–water partition coefficient (Wildman–Crippen LogP) is 2.85. The molecule has 7 nitrogen and oxygen atoms in total. The Morgan fingerprint density at radius 2 is 1.78 bits per heavy atom. The van der Waals surface area contributed by atoms with Crippen LogP contribution in [0.5, 0.6) is 0 Å². The second kappa shape index (κ2) is 8.36. The maximum absolute atomic E-state index is 12.5. The quantitative estimate of drug-likeness (QED) is 0.416. The summed E-state index contributed by atoms with van der Waals surface area (Å²) in [7, 11) is 0. The first-order valence-electron chi connectivity index (χ1n) is 7.98. The van der Waals surface area contributed by atoms with Gasteiger partial charge < -0.3 is 16.4 Å². The van der Waals surface area contributed by atoms with Crippen LogP contribution < -0.4 is 16.4 Å². The fourth-order valence-corrected chi connectivity index (χ4v) is 3.67. The fourth-order valence-electron chi connectivity index (χ4n) is 2.41. The molecule has 3 rings (SSSR count). The number of pyridine rings is 1. The highest BCUT2D eigenvalue weighted by atomic mass is 79.9. The lowest BCUT2D eigenvalue weighted by Crippen LogP contribution is -2.25. The maximum Gasteiger partial charge on any atom is 0.265 e. The Labute approximate surface area is 168 Å². The van der Waals surface area contributed by atoms with Crippen molar-refractivity contribution in [1.29, 1.82) is 5.41 Å². The minimum atomic E-state index is -0.310. The van der Waals surface area contributed by atoms with Crippen LogP contribution in [0.2, 0.25) is 0 Å². The number of benzene rings is 1. The van der Waals surface area contributed by atoms with Crippen LogP contribution >= 0.6 is 27.7 Å². The van der Waals surface area contributed by atoms with Gasteiger partial charge in [-0.15, -0.1) is 11.8 Å². The average molecular weight is 446 g/mol. The largest absolute Gasteiger partial charge is 0.384 e. The van der Waals surface area contributed by atoms with Crippen LogP contribution in [0.3, 0.4) is 0 Å². The molecule has 0 bridgehead atoms. The Kier molecular flexibility index (Phi) is 5.92. The Bertz CT molecular complexity index is 926. The Hall–Kier alpha value is -2.65. The number of carbonyl (C=O) groups excluding carboxylic acids is 2. The van der Waals surface area contributed by atoms with Crippen LogP contribution in [-0.4, -0.2) is 28.4 Å². The van der Waals surface area contributed by atoms with E-state index in [2.05, 4.69) is 31.5 Å². The number of thioether (sulfide) groups is 1. The van der Waals surface area contributed by atoms with E-state index in [0.717, 1.165) is 10.2 Å². The van der Waals surface area contributed by atoms with Crippen molar-refractivity contribution in [3.05, 3.63) is 68.8 Å². The number of allylic oxidation sites excluding steroid dienone is 1. The van der Waals surface area contributed by atoms with Gasteiger partial charge in [-0.25, -0.2) is 4.98 Å². The van der Waals surface area contributed by atoms with Gasteiger partial charge in [-0.3, -0.25) is 15.0 Å². The number of rotatable bonds is 5. The van der Waals surface area contributed by atoms with Crippen molar-refractivity contribution in [2.75, 3.05) is 11.1 Å². The second-order valence-corrected chi connectivity index (χ2v) is 7.69. The lowest BCUT2D eigenvalue weighted by atomic mass is 10.1.